The number of aryl methyl sites for hydroxylation is 2. The van der Waals surface area contributed by atoms with Crippen LogP contribution in [0.3, 0.4) is 0 Å². The van der Waals surface area contributed by atoms with Crippen LogP contribution in [0.4, 0.5) is 0 Å². The lowest BCUT2D eigenvalue weighted by Gasteiger charge is -2.03. The molecule has 0 atom stereocenters. The Balaban J connectivity index is 2.22. The van der Waals surface area contributed by atoms with Crippen molar-refractivity contribution in [1.82, 2.24) is 15.0 Å². The van der Waals surface area contributed by atoms with Crippen LogP contribution in [0.2, 0.25) is 0 Å². The number of nitrogens with zero attached hydrogens (tertiary/aromatic N) is 2. The number of hydrogen-bond acceptors (Lipinski definition) is 2. The highest BCUT2D eigenvalue weighted by Gasteiger charge is 2.10. The van der Waals surface area contributed by atoms with Crippen LogP contribution < -0.4 is 0 Å². The first kappa shape index (κ1) is 11.6. The van der Waals surface area contributed by atoms with E-state index < -0.39 is 0 Å². The first-order valence-electron chi connectivity index (χ1n) is 5.74. The number of nitrogens with one attached hydrogen (secondary N) is 1. The number of hydrogen-bond donors (Lipinski definition) is 1. The van der Waals surface area contributed by atoms with E-state index in [4.69, 9.17) is 0 Å². The van der Waals surface area contributed by atoms with E-state index in [1.54, 1.807) is 0 Å². The van der Waals surface area contributed by atoms with Crippen molar-refractivity contribution in [2.45, 2.75) is 13.8 Å². The first-order valence-corrected chi connectivity index (χ1v) is 6.82. The van der Waals surface area contributed by atoms with Crippen LogP contribution in [-0.2, 0) is 0 Å². The normalized spacial score (nSPS) is 11.1. The molecule has 18 heavy (non-hydrogen) atoms. The summed E-state index contributed by atoms with van der Waals surface area (Å²) >= 11 is 2.36. The number of aromatic nitrogens is 3. The third-order valence-corrected chi connectivity index (χ3v) is 4.36. The van der Waals surface area contributed by atoms with Gasteiger partial charge in [-0.15, -0.1) is 0 Å². The smallest absolute Gasteiger partial charge is 0.178 e. The number of pyridine rings is 1. The van der Waals surface area contributed by atoms with E-state index in [1.807, 2.05) is 19.1 Å². The zero-order valence-corrected chi connectivity index (χ0v) is 12.3. The summed E-state index contributed by atoms with van der Waals surface area (Å²) < 4.78 is 1.23. The van der Waals surface area contributed by atoms with Gasteiger partial charge in [0.2, 0.25) is 0 Å². The minimum Gasteiger partial charge on any atom is -0.337 e. The lowest BCUT2D eigenvalue weighted by Crippen LogP contribution is -1.88. The van der Waals surface area contributed by atoms with E-state index in [9.17, 15) is 0 Å². The van der Waals surface area contributed by atoms with Crippen molar-refractivity contribution in [3.8, 4) is 11.4 Å². The fraction of sp³-hybridized carbons (Fsp3) is 0.143. The average Bonchev–Trinajstić information content (AvgIpc) is 2.75. The Kier molecular flexibility index (Phi) is 2.81. The van der Waals surface area contributed by atoms with Gasteiger partial charge in [0, 0.05) is 14.8 Å². The van der Waals surface area contributed by atoms with E-state index in [0.29, 0.717) is 0 Å². The van der Waals surface area contributed by atoms with Crippen molar-refractivity contribution in [3.05, 3.63) is 45.2 Å². The third-order valence-electron chi connectivity index (χ3n) is 2.93. The zero-order chi connectivity index (χ0) is 12.7. The molecule has 2 aromatic heterocycles. The Bertz CT molecular complexity index is 731. The van der Waals surface area contributed by atoms with Gasteiger partial charge in [0.25, 0.3) is 0 Å². The molecule has 3 aromatic rings. The number of halogens is 1. The lowest BCUT2D eigenvalue weighted by molar-refractivity contribution is 1.22. The fourth-order valence-corrected chi connectivity index (χ4v) is 2.56. The molecule has 4 heteroatoms. The summed E-state index contributed by atoms with van der Waals surface area (Å²) in [5.74, 6) is 0.885. The van der Waals surface area contributed by atoms with Crippen LogP contribution in [-0.4, -0.2) is 15.0 Å². The molecule has 0 aliphatic rings. The minimum absolute atomic E-state index is 0.780. The minimum atomic E-state index is 0.780. The fourth-order valence-electron chi connectivity index (χ4n) is 1.95. The second kappa shape index (κ2) is 4.35. The maximum Gasteiger partial charge on any atom is 0.178 e. The highest BCUT2D eigenvalue weighted by atomic mass is 127. The largest absolute Gasteiger partial charge is 0.337 e. The van der Waals surface area contributed by atoms with E-state index in [1.165, 1.54) is 9.13 Å². The monoisotopic (exact) mass is 349 g/mol. The molecule has 1 N–H and O–H groups in total. The zero-order valence-electron chi connectivity index (χ0n) is 10.2. The lowest BCUT2D eigenvalue weighted by atomic mass is 10.1. The predicted octanol–water partition coefficient (Wildman–Crippen LogP) is 3.85. The van der Waals surface area contributed by atoms with E-state index in [2.05, 4.69) is 62.7 Å². The van der Waals surface area contributed by atoms with Crippen LogP contribution in [0.5, 0.6) is 0 Å². The van der Waals surface area contributed by atoms with Crippen molar-refractivity contribution in [2.24, 2.45) is 0 Å². The molecule has 1 aromatic carbocycles. The summed E-state index contributed by atoms with van der Waals surface area (Å²) in [7, 11) is 0. The molecule has 0 aliphatic heterocycles. The summed E-state index contributed by atoms with van der Waals surface area (Å²) in [5, 5.41) is 0. The van der Waals surface area contributed by atoms with Crippen LogP contribution in [0.15, 0.2) is 30.3 Å². The van der Waals surface area contributed by atoms with Gasteiger partial charge in [-0.05, 0) is 54.1 Å². The molecule has 0 saturated carbocycles. The molecule has 0 spiro atoms. The summed E-state index contributed by atoms with van der Waals surface area (Å²) in [6.45, 7) is 4.08. The van der Waals surface area contributed by atoms with Crippen LogP contribution >= 0.6 is 22.6 Å². The second-order valence-electron chi connectivity index (χ2n) is 4.35. The molecule has 0 amide bonds. The van der Waals surface area contributed by atoms with Gasteiger partial charge in [-0.2, -0.15) is 0 Å². The summed E-state index contributed by atoms with van der Waals surface area (Å²) in [4.78, 5) is 12.3. The third kappa shape index (κ3) is 1.90. The van der Waals surface area contributed by atoms with Crippen molar-refractivity contribution >= 4 is 33.8 Å². The van der Waals surface area contributed by atoms with E-state index in [0.717, 1.165) is 28.2 Å². The molecule has 3 nitrogen and oxygen atoms in total. The quantitative estimate of drug-likeness (QED) is 0.678. The van der Waals surface area contributed by atoms with Crippen LogP contribution in [0.1, 0.15) is 11.3 Å². The number of benzene rings is 1. The number of fused-ring (bicyclic) bond motifs is 1. The van der Waals surface area contributed by atoms with Gasteiger partial charge in [-0.3, -0.25) is 0 Å². The average molecular weight is 349 g/mol. The van der Waals surface area contributed by atoms with Gasteiger partial charge in [0.1, 0.15) is 5.82 Å². The summed E-state index contributed by atoms with van der Waals surface area (Å²) in [6, 6.07) is 10.3. The predicted molar refractivity (Wildman–Crippen MR) is 81.5 cm³/mol. The van der Waals surface area contributed by atoms with Crippen molar-refractivity contribution < 1.29 is 0 Å². The van der Waals surface area contributed by atoms with E-state index >= 15 is 0 Å². The molecule has 0 bridgehead atoms. The Morgan fingerprint density at radius 2 is 1.89 bits per heavy atom. The maximum absolute atomic E-state index is 4.57. The van der Waals surface area contributed by atoms with E-state index in [-0.39, 0.29) is 0 Å². The van der Waals surface area contributed by atoms with Gasteiger partial charge < -0.3 is 4.98 Å². The molecule has 3 rings (SSSR count). The molecule has 0 fully saturated rings. The maximum atomic E-state index is 4.57. The van der Waals surface area contributed by atoms with Crippen LogP contribution in [0, 0.1) is 17.4 Å². The number of imidazole rings is 1. The summed E-state index contributed by atoms with van der Waals surface area (Å²) in [5.41, 5.74) is 5.14. The molecular formula is C14H12IN3. The SMILES string of the molecule is Cc1ccc2[nH]c(-c3cccc(C)c3I)nc2n1. The molecule has 0 aliphatic carbocycles. The molecule has 0 saturated heterocycles. The Hall–Kier alpha value is -1.43. The molecule has 90 valence electrons. The Morgan fingerprint density at radius 3 is 2.72 bits per heavy atom. The van der Waals surface area contributed by atoms with Gasteiger partial charge in [0.05, 0.1) is 5.52 Å². The topological polar surface area (TPSA) is 41.6 Å². The van der Waals surface area contributed by atoms with Gasteiger partial charge >= 0.3 is 0 Å². The Morgan fingerprint density at radius 1 is 1.06 bits per heavy atom. The molecular weight excluding hydrogens is 337 g/mol. The second-order valence-corrected chi connectivity index (χ2v) is 5.42. The highest BCUT2D eigenvalue weighted by molar-refractivity contribution is 14.1. The van der Waals surface area contributed by atoms with Gasteiger partial charge in [-0.25, -0.2) is 9.97 Å². The standard InChI is InChI=1S/C14H12IN3/c1-8-4-3-5-10(12(8)15)13-17-11-7-6-9(2)16-14(11)18-13/h3-7H,1-2H3,(H,16,17,18). The molecule has 2 heterocycles. The van der Waals surface area contributed by atoms with Crippen molar-refractivity contribution in [3.63, 3.8) is 0 Å². The van der Waals surface area contributed by atoms with Gasteiger partial charge in [-0.1, -0.05) is 18.2 Å². The highest BCUT2D eigenvalue weighted by Crippen LogP contribution is 2.26. The van der Waals surface area contributed by atoms with Crippen molar-refractivity contribution in [2.75, 3.05) is 0 Å². The Labute approximate surface area is 119 Å². The van der Waals surface area contributed by atoms with Crippen LogP contribution in [0.25, 0.3) is 22.6 Å². The molecule has 0 radical (unpaired) electrons. The number of aromatic amines is 1. The first-order chi connectivity index (χ1) is 8.65. The number of H-pyrrole nitrogens is 1. The van der Waals surface area contributed by atoms with Crippen molar-refractivity contribution in [1.29, 1.82) is 0 Å². The molecule has 0 unspecified atom stereocenters. The summed E-state index contributed by atoms with van der Waals surface area (Å²) in [6.07, 6.45) is 0. The van der Waals surface area contributed by atoms with Gasteiger partial charge in [0.15, 0.2) is 5.65 Å². The number of rotatable bonds is 1.